The van der Waals surface area contributed by atoms with Crippen LogP contribution in [0.15, 0.2) is 67.0 Å². The zero-order valence-corrected chi connectivity index (χ0v) is 12.8. The second-order valence-electron chi connectivity index (χ2n) is 5.19. The van der Waals surface area contributed by atoms with Gasteiger partial charge in [-0.2, -0.15) is 5.10 Å². The molecule has 0 aliphatic heterocycles. The van der Waals surface area contributed by atoms with E-state index in [-0.39, 0.29) is 0 Å². The van der Waals surface area contributed by atoms with E-state index in [1.807, 2.05) is 30.3 Å². The molecule has 2 N–H and O–H groups in total. The van der Waals surface area contributed by atoms with Crippen molar-refractivity contribution in [2.75, 3.05) is 0 Å². The molecule has 24 heavy (non-hydrogen) atoms. The van der Waals surface area contributed by atoms with Gasteiger partial charge in [0.1, 0.15) is 5.75 Å². The Balaban J connectivity index is 1.66. The highest BCUT2D eigenvalue weighted by Crippen LogP contribution is 2.14. The molecule has 0 bridgehead atoms. The summed E-state index contributed by atoms with van der Waals surface area (Å²) in [5.74, 6) is -0.711. The summed E-state index contributed by atoms with van der Waals surface area (Å²) in [5.41, 5.74) is 6.95. The van der Waals surface area contributed by atoms with Gasteiger partial charge < -0.3 is 10.5 Å². The van der Waals surface area contributed by atoms with Gasteiger partial charge in [0.2, 0.25) is 5.91 Å². The quantitative estimate of drug-likeness (QED) is 0.577. The minimum atomic E-state index is -0.532. The number of aromatic nitrogens is 2. The van der Waals surface area contributed by atoms with Gasteiger partial charge in [0.05, 0.1) is 18.3 Å². The summed E-state index contributed by atoms with van der Waals surface area (Å²) >= 11 is 0. The molecule has 0 aliphatic rings. The standard InChI is InChI=1S/C18H15N3O3/c19-17(22)14-6-8-16(9-7-14)24-18(23)15-10-20-21(12-15)11-13-4-2-1-3-5-13/h1-10,12H,11H2,(H2,19,22). The van der Waals surface area contributed by atoms with Crippen LogP contribution in [0.2, 0.25) is 0 Å². The fourth-order valence-electron chi connectivity index (χ4n) is 2.18. The molecular weight excluding hydrogens is 306 g/mol. The Hall–Kier alpha value is -3.41. The average Bonchev–Trinajstić information content (AvgIpc) is 3.05. The number of primary amides is 1. The molecular formula is C18H15N3O3. The van der Waals surface area contributed by atoms with Crippen LogP contribution in [0.3, 0.4) is 0 Å². The van der Waals surface area contributed by atoms with E-state index in [9.17, 15) is 9.59 Å². The van der Waals surface area contributed by atoms with Gasteiger partial charge in [0.25, 0.3) is 0 Å². The largest absolute Gasteiger partial charge is 0.423 e. The number of esters is 1. The van der Waals surface area contributed by atoms with Crippen molar-refractivity contribution in [3.05, 3.63) is 83.7 Å². The number of nitrogens with zero attached hydrogens (tertiary/aromatic N) is 2. The minimum absolute atomic E-state index is 0.334. The SMILES string of the molecule is NC(=O)c1ccc(OC(=O)c2cnn(Cc3ccccc3)c2)cc1. The van der Waals surface area contributed by atoms with Gasteiger partial charge in [-0.05, 0) is 29.8 Å². The Morgan fingerprint density at radius 2 is 1.71 bits per heavy atom. The maximum absolute atomic E-state index is 12.1. The Morgan fingerprint density at radius 1 is 1.00 bits per heavy atom. The van der Waals surface area contributed by atoms with Crippen LogP contribution in [-0.4, -0.2) is 21.7 Å². The summed E-state index contributed by atoms with van der Waals surface area (Å²) < 4.78 is 6.92. The van der Waals surface area contributed by atoms with E-state index in [0.29, 0.717) is 23.4 Å². The average molecular weight is 321 g/mol. The first-order chi connectivity index (χ1) is 11.6. The molecule has 0 fully saturated rings. The monoisotopic (exact) mass is 321 g/mol. The highest BCUT2D eigenvalue weighted by molar-refractivity contribution is 5.93. The van der Waals surface area contributed by atoms with Gasteiger partial charge in [-0.1, -0.05) is 30.3 Å². The lowest BCUT2D eigenvalue weighted by Crippen LogP contribution is -2.11. The zero-order valence-electron chi connectivity index (χ0n) is 12.8. The van der Waals surface area contributed by atoms with Crippen molar-refractivity contribution >= 4 is 11.9 Å². The van der Waals surface area contributed by atoms with Gasteiger partial charge in [-0.15, -0.1) is 0 Å². The molecule has 0 radical (unpaired) electrons. The zero-order chi connectivity index (χ0) is 16.9. The molecule has 1 amide bonds. The van der Waals surface area contributed by atoms with Crippen LogP contribution in [0.25, 0.3) is 0 Å². The van der Waals surface area contributed by atoms with Crippen molar-refractivity contribution in [1.82, 2.24) is 9.78 Å². The second-order valence-corrected chi connectivity index (χ2v) is 5.19. The highest BCUT2D eigenvalue weighted by Gasteiger charge is 2.12. The van der Waals surface area contributed by atoms with Gasteiger partial charge >= 0.3 is 5.97 Å². The van der Waals surface area contributed by atoms with Crippen LogP contribution in [-0.2, 0) is 6.54 Å². The number of carbonyl (C=O) groups is 2. The van der Waals surface area contributed by atoms with Crippen LogP contribution >= 0.6 is 0 Å². The van der Waals surface area contributed by atoms with Crippen LogP contribution in [0.1, 0.15) is 26.3 Å². The summed E-state index contributed by atoms with van der Waals surface area (Å²) in [6.45, 7) is 0.571. The summed E-state index contributed by atoms with van der Waals surface area (Å²) in [4.78, 5) is 23.1. The predicted octanol–water partition coefficient (Wildman–Crippen LogP) is 2.25. The molecule has 0 saturated carbocycles. The molecule has 0 aliphatic carbocycles. The lowest BCUT2D eigenvalue weighted by atomic mass is 10.2. The first-order valence-electron chi connectivity index (χ1n) is 7.30. The number of benzene rings is 2. The third-order valence-electron chi connectivity index (χ3n) is 3.41. The number of hydrogen-bond donors (Lipinski definition) is 1. The summed E-state index contributed by atoms with van der Waals surface area (Å²) in [6.07, 6.45) is 3.09. The fraction of sp³-hybridized carbons (Fsp3) is 0.0556. The maximum Gasteiger partial charge on any atom is 0.346 e. The summed E-state index contributed by atoms with van der Waals surface area (Å²) in [5, 5.41) is 4.17. The smallest absolute Gasteiger partial charge is 0.346 e. The Bertz CT molecular complexity index is 855. The van der Waals surface area contributed by atoms with E-state index in [1.54, 1.807) is 10.9 Å². The molecule has 0 spiro atoms. The van der Waals surface area contributed by atoms with Gasteiger partial charge in [-0.3, -0.25) is 9.48 Å². The lowest BCUT2D eigenvalue weighted by molar-refractivity contribution is 0.0734. The third-order valence-corrected chi connectivity index (χ3v) is 3.41. The third kappa shape index (κ3) is 3.67. The summed E-state index contributed by atoms with van der Waals surface area (Å²) in [7, 11) is 0. The molecule has 3 aromatic rings. The maximum atomic E-state index is 12.1. The molecule has 0 unspecified atom stereocenters. The molecule has 6 nitrogen and oxygen atoms in total. The van der Waals surface area contributed by atoms with E-state index in [1.165, 1.54) is 30.5 Å². The van der Waals surface area contributed by atoms with Crippen molar-refractivity contribution in [1.29, 1.82) is 0 Å². The van der Waals surface area contributed by atoms with Gasteiger partial charge in [-0.25, -0.2) is 4.79 Å². The number of amides is 1. The number of rotatable bonds is 5. The second kappa shape index (κ2) is 6.78. The van der Waals surface area contributed by atoms with E-state index < -0.39 is 11.9 Å². The van der Waals surface area contributed by atoms with E-state index in [4.69, 9.17) is 10.5 Å². The van der Waals surface area contributed by atoms with Crippen molar-refractivity contribution in [2.24, 2.45) is 5.73 Å². The van der Waals surface area contributed by atoms with Crippen molar-refractivity contribution < 1.29 is 14.3 Å². The first-order valence-corrected chi connectivity index (χ1v) is 7.30. The fourth-order valence-corrected chi connectivity index (χ4v) is 2.18. The normalized spacial score (nSPS) is 10.3. The lowest BCUT2D eigenvalue weighted by Gasteiger charge is -2.03. The number of carbonyl (C=O) groups excluding carboxylic acids is 2. The Kier molecular flexibility index (Phi) is 4.38. The molecule has 6 heteroatoms. The molecule has 0 atom stereocenters. The van der Waals surface area contributed by atoms with Crippen LogP contribution in [0.4, 0.5) is 0 Å². The van der Waals surface area contributed by atoms with Crippen LogP contribution in [0, 0.1) is 0 Å². The minimum Gasteiger partial charge on any atom is -0.423 e. The summed E-state index contributed by atoms with van der Waals surface area (Å²) in [6, 6.07) is 15.9. The van der Waals surface area contributed by atoms with Crippen molar-refractivity contribution in [3.8, 4) is 5.75 Å². The van der Waals surface area contributed by atoms with Crippen LogP contribution < -0.4 is 10.5 Å². The van der Waals surface area contributed by atoms with Gasteiger partial charge in [0, 0.05) is 11.8 Å². The molecule has 0 saturated heterocycles. The topological polar surface area (TPSA) is 87.2 Å². The van der Waals surface area contributed by atoms with Crippen molar-refractivity contribution in [2.45, 2.75) is 6.54 Å². The number of hydrogen-bond acceptors (Lipinski definition) is 4. The van der Waals surface area contributed by atoms with E-state index >= 15 is 0 Å². The van der Waals surface area contributed by atoms with Crippen molar-refractivity contribution in [3.63, 3.8) is 0 Å². The highest BCUT2D eigenvalue weighted by atomic mass is 16.5. The Morgan fingerprint density at radius 3 is 2.38 bits per heavy atom. The van der Waals surface area contributed by atoms with E-state index in [2.05, 4.69) is 5.10 Å². The Labute approximate surface area is 138 Å². The predicted molar refractivity (Wildman–Crippen MR) is 87.7 cm³/mol. The molecule has 1 heterocycles. The molecule has 3 rings (SSSR count). The molecule has 1 aromatic heterocycles. The molecule has 2 aromatic carbocycles. The number of ether oxygens (including phenoxy) is 1. The first kappa shape index (κ1) is 15.5. The van der Waals surface area contributed by atoms with Crippen LogP contribution in [0.5, 0.6) is 5.75 Å². The van der Waals surface area contributed by atoms with Gasteiger partial charge in [0.15, 0.2) is 0 Å². The van der Waals surface area contributed by atoms with E-state index in [0.717, 1.165) is 5.56 Å². The number of nitrogens with two attached hydrogens (primary N) is 1. The molecule has 120 valence electrons.